The molecule has 134 valence electrons. The summed E-state index contributed by atoms with van der Waals surface area (Å²) < 4.78 is 10.5. The van der Waals surface area contributed by atoms with Crippen LogP contribution in [0.2, 0.25) is 0 Å². The van der Waals surface area contributed by atoms with E-state index in [1.807, 2.05) is 30.3 Å². The maximum Gasteiger partial charge on any atom is 0.239 e. The summed E-state index contributed by atoms with van der Waals surface area (Å²) in [6.07, 6.45) is 0. The van der Waals surface area contributed by atoms with Gasteiger partial charge in [-0.15, -0.1) is 0 Å². The van der Waals surface area contributed by atoms with Crippen molar-refractivity contribution >= 4 is 11.6 Å². The van der Waals surface area contributed by atoms with Gasteiger partial charge in [-0.1, -0.05) is 32.0 Å². The first kappa shape index (κ1) is 18.6. The van der Waals surface area contributed by atoms with Crippen molar-refractivity contribution in [2.75, 3.05) is 26.1 Å². The van der Waals surface area contributed by atoms with Gasteiger partial charge in [0.15, 0.2) is 11.5 Å². The molecule has 1 amide bonds. The topological polar surface area (TPSA) is 59.6 Å². The lowest BCUT2D eigenvalue weighted by Gasteiger charge is -2.11. The summed E-state index contributed by atoms with van der Waals surface area (Å²) in [6, 6.07) is 13.7. The molecule has 5 nitrogen and oxygen atoms in total. The van der Waals surface area contributed by atoms with Crippen molar-refractivity contribution in [3.63, 3.8) is 0 Å². The second-order valence-electron chi connectivity index (χ2n) is 6.10. The molecule has 2 aromatic rings. The van der Waals surface area contributed by atoms with Gasteiger partial charge in [0.25, 0.3) is 0 Å². The van der Waals surface area contributed by atoms with E-state index in [-0.39, 0.29) is 12.5 Å². The number of anilines is 1. The van der Waals surface area contributed by atoms with Crippen LogP contribution in [0.25, 0.3) is 0 Å². The van der Waals surface area contributed by atoms with Gasteiger partial charge in [-0.3, -0.25) is 4.79 Å². The Kier molecular flexibility index (Phi) is 6.69. The van der Waals surface area contributed by atoms with Crippen LogP contribution in [0, 0.1) is 0 Å². The number of carbonyl (C=O) groups excluding carboxylic acids is 1. The minimum Gasteiger partial charge on any atom is -0.493 e. The van der Waals surface area contributed by atoms with E-state index in [0.717, 1.165) is 11.3 Å². The van der Waals surface area contributed by atoms with Gasteiger partial charge in [-0.25, -0.2) is 0 Å². The predicted octanol–water partition coefficient (Wildman–Crippen LogP) is 3.56. The highest BCUT2D eigenvalue weighted by Gasteiger charge is 2.06. The van der Waals surface area contributed by atoms with E-state index in [4.69, 9.17) is 9.47 Å². The van der Waals surface area contributed by atoms with Gasteiger partial charge in [0.05, 0.1) is 20.8 Å². The minimum absolute atomic E-state index is 0.0669. The molecule has 25 heavy (non-hydrogen) atoms. The lowest BCUT2D eigenvalue weighted by Crippen LogP contribution is -2.29. The molecule has 2 N–H and O–H groups in total. The maximum absolute atomic E-state index is 12.0. The molecule has 0 heterocycles. The Morgan fingerprint density at radius 2 is 1.68 bits per heavy atom. The summed E-state index contributed by atoms with van der Waals surface area (Å²) in [5, 5.41) is 6.02. The van der Waals surface area contributed by atoms with Gasteiger partial charge in [-0.2, -0.15) is 0 Å². The first-order valence-corrected chi connectivity index (χ1v) is 8.35. The highest BCUT2D eigenvalue weighted by Crippen LogP contribution is 2.27. The summed E-state index contributed by atoms with van der Waals surface area (Å²) in [4.78, 5) is 12.0. The zero-order valence-corrected chi connectivity index (χ0v) is 15.3. The van der Waals surface area contributed by atoms with Crippen molar-refractivity contribution in [1.29, 1.82) is 0 Å². The zero-order chi connectivity index (χ0) is 18.2. The number of ether oxygens (including phenoxy) is 2. The zero-order valence-electron chi connectivity index (χ0n) is 15.3. The largest absolute Gasteiger partial charge is 0.493 e. The van der Waals surface area contributed by atoms with Crippen molar-refractivity contribution in [1.82, 2.24) is 5.32 Å². The molecular weight excluding hydrogens is 316 g/mol. The van der Waals surface area contributed by atoms with Gasteiger partial charge < -0.3 is 20.1 Å². The Bertz CT molecular complexity index is 697. The molecule has 0 spiro atoms. The van der Waals surface area contributed by atoms with E-state index in [2.05, 4.69) is 36.6 Å². The van der Waals surface area contributed by atoms with Gasteiger partial charge in [-0.05, 0) is 41.3 Å². The Morgan fingerprint density at radius 3 is 2.28 bits per heavy atom. The molecule has 0 aliphatic heterocycles. The van der Waals surface area contributed by atoms with Crippen LogP contribution in [-0.2, 0) is 11.3 Å². The Balaban J connectivity index is 1.82. The van der Waals surface area contributed by atoms with Crippen molar-refractivity contribution in [2.24, 2.45) is 0 Å². The second-order valence-corrected chi connectivity index (χ2v) is 6.10. The van der Waals surface area contributed by atoms with Crippen LogP contribution in [0.3, 0.4) is 0 Å². The minimum atomic E-state index is -0.0669. The van der Waals surface area contributed by atoms with E-state index in [0.29, 0.717) is 24.0 Å². The molecule has 2 aromatic carbocycles. The Hall–Kier alpha value is -2.69. The molecule has 0 atom stereocenters. The van der Waals surface area contributed by atoms with Crippen LogP contribution in [-0.4, -0.2) is 26.7 Å². The third-order valence-electron chi connectivity index (χ3n) is 3.97. The molecule has 0 aliphatic carbocycles. The van der Waals surface area contributed by atoms with Gasteiger partial charge in [0.2, 0.25) is 5.91 Å². The van der Waals surface area contributed by atoms with E-state index < -0.39 is 0 Å². The first-order valence-electron chi connectivity index (χ1n) is 8.35. The quantitative estimate of drug-likeness (QED) is 0.770. The number of hydrogen-bond donors (Lipinski definition) is 2. The molecule has 0 bridgehead atoms. The Labute approximate surface area is 149 Å². The van der Waals surface area contributed by atoms with Crippen molar-refractivity contribution in [3.05, 3.63) is 53.6 Å². The number of methoxy groups -OCH3 is 2. The number of carbonyl (C=O) groups is 1. The monoisotopic (exact) mass is 342 g/mol. The third-order valence-corrected chi connectivity index (χ3v) is 3.97. The van der Waals surface area contributed by atoms with Crippen molar-refractivity contribution in [3.8, 4) is 11.5 Å². The molecular formula is C20H26N2O3. The van der Waals surface area contributed by atoms with Crippen LogP contribution in [0.15, 0.2) is 42.5 Å². The third kappa shape index (κ3) is 5.41. The number of hydrogen-bond acceptors (Lipinski definition) is 4. The molecule has 5 heteroatoms. The summed E-state index contributed by atoms with van der Waals surface area (Å²) in [7, 11) is 3.19. The Morgan fingerprint density at radius 1 is 1.00 bits per heavy atom. The maximum atomic E-state index is 12.0. The molecule has 0 aromatic heterocycles. The van der Waals surface area contributed by atoms with E-state index in [1.54, 1.807) is 14.2 Å². The summed E-state index contributed by atoms with van der Waals surface area (Å²) >= 11 is 0. The fourth-order valence-electron chi connectivity index (χ4n) is 2.42. The van der Waals surface area contributed by atoms with Crippen molar-refractivity contribution in [2.45, 2.75) is 26.3 Å². The molecule has 0 saturated heterocycles. The summed E-state index contributed by atoms with van der Waals surface area (Å²) in [5.41, 5.74) is 3.17. The molecule has 0 saturated carbocycles. The number of rotatable bonds is 8. The highest BCUT2D eigenvalue weighted by molar-refractivity contribution is 5.80. The van der Waals surface area contributed by atoms with Crippen LogP contribution in [0.4, 0.5) is 5.69 Å². The molecule has 2 rings (SSSR count). The summed E-state index contributed by atoms with van der Waals surface area (Å²) in [5.74, 6) is 1.75. The molecule has 0 fully saturated rings. The van der Waals surface area contributed by atoms with Gasteiger partial charge in [0.1, 0.15) is 0 Å². The van der Waals surface area contributed by atoms with Crippen LogP contribution in [0.1, 0.15) is 30.9 Å². The SMILES string of the molecule is COc1ccc(CNC(=O)CNc2ccc(C(C)C)cc2)cc1OC. The molecule has 0 aliphatic rings. The average molecular weight is 342 g/mol. The lowest BCUT2D eigenvalue weighted by atomic mass is 10.0. The predicted molar refractivity (Wildman–Crippen MR) is 100 cm³/mol. The van der Waals surface area contributed by atoms with Crippen LogP contribution in [0.5, 0.6) is 11.5 Å². The lowest BCUT2D eigenvalue weighted by molar-refractivity contribution is -0.119. The molecule has 0 radical (unpaired) electrons. The second kappa shape index (κ2) is 8.97. The fraction of sp³-hybridized carbons (Fsp3) is 0.350. The first-order chi connectivity index (χ1) is 12.0. The van der Waals surface area contributed by atoms with Gasteiger partial charge >= 0.3 is 0 Å². The number of amides is 1. The summed E-state index contributed by atoms with van der Waals surface area (Å²) in [6.45, 7) is 4.98. The van der Waals surface area contributed by atoms with Crippen molar-refractivity contribution < 1.29 is 14.3 Å². The fourth-order valence-corrected chi connectivity index (χ4v) is 2.42. The van der Waals surface area contributed by atoms with E-state index >= 15 is 0 Å². The smallest absolute Gasteiger partial charge is 0.239 e. The van der Waals surface area contributed by atoms with Gasteiger partial charge in [0, 0.05) is 12.2 Å². The average Bonchev–Trinajstić information content (AvgIpc) is 2.64. The van der Waals surface area contributed by atoms with Crippen LogP contribution >= 0.6 is 0 Å². The normalized spacial score (nSPS) is 10.4. The van der Waals surface area contributed by atoms with E-state index in [1.165, 1.54) is 5.56 Å². The highest BCUT2D eigenvalue weighted by atomic mass is 16.5. The molecule has 0 unspecified atom stereocenters. The standard InChI is InChI=1S/C20H26N2O3/c1-14(2)16-6-8-17(9-7-16)21-13-20(23)22-12-15-5-10-18(24-3)19(11-15)25-4/h5-11,14,21H,12-13H2,1-4H3,(H,22,23). The number of benzene rings is 2. The number of nitrogens with one attached hydrogen (secondary N) is 2. The van der Waals surface area contributed by atoms with E-state index in [9.17, 15) is 4.79 Å². The van der Waals surface area contributed by atoms with Crippen LogP contribution < -0.4 is 20.1 Å².